The Morgan fingerprint density at radius 2 is 1.84 bits per heavy atom. The molecule has 0 bridgehead atoms. The Morgan fingerprint density at radius 1 is 1.14 bits per heavy atom. The van der Waals surface area contributed by atoms with E-state index in [1.165, 1.54) is 71.2 Å². The first kappa shape index (κ1) is 27.6. The van der Waals surface area contributed by atoms with Crippen LogP contribution >= 0.6 is 11.3 Å². The van der Waals surface area contributed by atoms with Crippen LogP contribution in [-0.2, 0) is 24.2 Å². The van der Waals surface area contributed by atoms with Crippen LogP contribution in [0.4, 0.5) is 9.52 Å². The molecule has 0 N–H and O–H groups in total. The zero-order valence-electron chi connectivity index (χ0n) is 20.8. The number of anilines is 1. The molecular formula is C25H30FN3O6S2. The van der Waals surface area contributed by atoms with Gasteiger partial charge in [0.15, 0.2) is 5.13 Å². The van der Waals surface area contributed by atoms with Gasteiger partial charge in [-0.05, 0) is 55.3 Å². The monoisotopic (exact) mass is 551 g/mol. The molecule has 3 aromatic rings. The third kappa shape index (κ3) is 6.51. The van der Waals surface area contributed by atoms with Crippen LogP contribution in [-0.4, -0.2) is 83.4 Å². The highest BCUT2D eigenvalue weighted by atomic mass is 32.2. The summed E-state index contributed by atoms with van der Waals surface area (Å²) in [5.41, 5.74) is 0.905. The van der Waals surface area contributed by atoms with Gasteiger partial charge in [0.2, 0.25) is 10.0 Å². The number of sulfonamides is 1. The summed E-state index contributed by atoms with van der Waals surface area (Å²) in [7, 11) is -0.806. The number of methoxy groups -OCH3 is 2. The molecule has 0 radical (unpaired) electrons. The number of fused-ring (bicyclic) bond motifs is 1. The van der Waals surface area contributed by atoms with Crippen LogP contribution in [0.2, 0.25) is 0 Å². The van der Waals surface area contributed by atoms with Gasteiger partial charge >= 0.3 is 0 Å². The number of aromatic nitrogens is 1. The van der Waals surface area contributed by atoms with Crippen molar-refractivity contribution < 1.29 is 31.8 Å². The van der Waals surface area contributed by atoms with E-state index in [4.69, 9.17) is 14.2 Å². The average Bonchev–Trinajstić information content (AvgIpc) is 3.56. The van der Waals surface area contributed by atoms with Gasteiger partial charge in [-0.25, -0.2) is 17.8 Å². The summed E-state index contributed by atoms with van der Waals surface area (Å²) in [6.45, 7) is 1.76. The number of thiazole rings is 1. The van der Waals surface area contributed by atoms with E-state index in [2.05, 4.69) is 4.98 Å². The van der Waals surface area contributed by atoms with Gasteiger partial charge in [-0.3, -0.25) is 9.69 Å². The lowest BCUT2D eigenvalue weighted by molar-refractivity contribution is 0.0917. The van der Waals surface area contributed by atoms with Gasteiger partial charge in [-0.2, -0.15) is 4.31 Å². The summed E-state index contributed by atoms with van der Waals surface area (Å²) >= 11 is 1.22. The first-order valence-electron chi connectivity index (χ1n) is 11.9. The maximum absolute atomic E-state index is 13.7. The van der Waals surface area contributed by atoms with Gasteiger partial charge in [0.05, 0.1) is 41.0 Å². The van der Waals surface area contributed by atoms with E-state index in [0.29, 0.717) is 34.1 Å². The number of rotatable bonds is 12. The summed E-state index contributed by atoms with van der Waals surface area (Å²) in [5.74, 6) is -0.712. The molecule has 12 heteroatoms. The molecule has 0 saturated carbocycles. The molecule has 1 aliphatic heterocycles. The fourth-order valence-corrected chi connectivity index (χ4v) is 6.46. The quantitative estimate of drug-likeness (QED) is 0.340. The smallest absolute Gasteiger partial charge is 0.260 e. The molecule has 0 spiro atoms. The lowest BCUT2D eigenvalue weighted by atomic mass is 10.2. The topological polar surface area (TPSA) is 98.3 Å². The second-order valence-electron chi connectivity index (χ2n) is 8.57. The van der Waals surface area contributed by atoms with Gasteiger partial charge in [0.1, 0.15) is 5.82 Å². The zero-order chi connectivity index (χ0) is 26.4. The maximum atomic E-state index is 13.7. The second kappa shape index (κ2) is 12.4. The van der Waals surface area contributed by atoms with E-state index in [1.54, 1.807) is 6.07 Å². The molecule has 37 heavy (non-hydrogen) atoms. The number of amides is 1. The lowest BCUT2D eigenvalue weighted by Crippen LogP contribution is -2.38. The van der Waals surface area contributed by atoms with E-state index in [1.807, 2.05) is 0 Å². The Kier molecular flexibility index (Phi) is 9.22. The minimum Gasteiger partial charge on any atom is -0.383 e. The van der Waals surface area contributed by atoms with Crippen LogP contribution in [0.5, 0.6) is 0 Å². The third-order valence-corrected chi connectivity index (χ3v) is 9.01. The van der Waals surface area contributed by atoms with Crippen LogP contribution in [0.15, 0.2) is 47.4 Å². The van der Waals surface area contributed by atoms with Crippen LogP contribution in [0.25, 0.3) is 10.2 Å². The largest absolute Gasteiger partial charge is 0.383 e. The number of ether oxygens (including phenoxy) is 3. The number of hydrogen-bond acceptors (Lipinski definition) is 8. The van der Waals surface area contributed by atoms with Crippen molar-refractivity contribution in [3.63, 3.8) is 0 Å². The highest BCUT2D eigenvalue weighted by Gasteiger charge is 2.28. The van der Waals surface area contributed by atoms with Crippen molar-refractivity contribution in [1.29, 1.82) is 0 Å². The molecule has 2 heterocycles. The lowest BCUT2D eigenvalue weighted by Gasteiger charge is -2.24. The zero-order valence-corrected chi connectivity index (χ0v) is 22.4. The van der Waals surface area contributed by atoms with Crippen molar-refractivity contribution in [2.75, 3.05) is 58.6 Å². The molecule has 2 aromatic carbocycles. The van der Waals surface area contributed by atoms with Gasteiger partial charge in [-0.15, -0.1) is 0 Å². The van der Waals surface area contributed by atoms with Crippen LogP contribution < -0.4 is 4.90 Å². The number of nitrogens with zero attached hydrogens (tertiary/aromatic N) is 3. The van der Waals surface area contributed by atoms with Gasteiger partial charge in [0, 0.05) is 39.5 Å². The molecule has 0 aliphatic carbocycles. The van der Waals surface area contributed by atoms with Gasteiger partial charge in [0.25, 0.3) is 5.91 Å². The van der Waals surface area contributed by atoms with Crippen molar-refractivity contribution in [3.05, 3.63) is 53.8 Å². The van der Waals surface area contributed by atoms with Crippen molar-refractivity contribution >= 4 is 42.6 Å². The number of benzene rings is 2. The molecule has 1 saturated heterocycles. The highest BCUT2D eigenvalue weighted by Crippen LogP contribution is 2.31. The average molecular weight is 552 g/mol. The molecule has 1 atom stereocenters. The number of carbonyl (C=O) groups excluding carboxylic acids is 1. The Morgan fingerprint density at radius 3 is 2.46 bits per heavy atom. The van der Waals surface area contributed by atoms with E-state index < -0.39 is 10.0 Å². The Balaban J connectivity index is 1.60. The van der Waals surface area contributed by atoms with Crippen molar-refractivity contribution in [2.24, 2.45) is 0 Å². The Hall–Kier alpha value is -2.48. The molecule has 1 fully saturated rings. The number of hydrogen-bond donors (Lipinski definition) is 0. The predicted molar refractivity (Wildman–Crippen MR) is 139 cm³/mol. The molecule has 4 rings (SSSR count). The van der Waals surface area contributed by atoms with E-state index >= 15 is 0 Å². The SMILES string of the molecule is COCCN(CCOC)S(=O)(=O)c1ccc(C(=O)N(CC2CCCO2)c2nc3ccc(F)cc3s2)cc1. The standard InChI is InChI=1S/C25H30FN3O6S2/c1-33-14-11-28(12-15-34-2)37(31,32)21-8-5-18(6-9-21)24(30)29(17-20-4-3-13-35-20)25-27-22-10-7-19(26)16-23(22)36-25/h5-10,16,20H,3-4,11-15,17H2,1-2H3. The molecular weight excluding hydrogens is 521 g/mol. The molecule has 1 aliphatic rings. The van der Waals surface area contributed by atoms with E-state index in [9.17, 15) is 17.6 Å². The summed E-state index contributed by atoms with van der Waals surface area (Å²) in [6.07, 6.45) is 1.59. The summed E-state index contributed by atoms with van der Waals surface area (Å²) < 4.78 is 57.9. The third-order valence-electron chi connectivity index (χ3n) is 6.05. The van der Waals surface area contributed by atoms with Crippen LogP contribution in [0.3, 0.4) is 0 Å². The normalized spacial score (nSPS) is 16.1. The molecule has 1 unspecified atom stereocenters. The van der Waals surface area contributed by atoms with Crippen molar-refractivity contribution in [1.82, 2.24) is 9.29 Å². The predicted octanol–water partition coefficient (Wildman–Crippen LogP) is 3.54. The molecule has 1 amide bonds. The fourth-order valence-electron chi connectivity index (χ4n) is 4.05. The first-order chi connectivity index (χ1) is 17.8. The Bertz CT molecular complexity index is 1300. The first-order valence-corrected chi connectivity index (χ1v) is 14.2. The summed E-state index contributed by atoms with van der Waals surface area (Å²) in [5, 5.41) is 0.433. The second-order valence-corrected chi connectivity index (χ2v) is 11.5. The van der Waals surface area contributed by atoms with Crippen molar-refractivity contribution in [2.45, 2.75) is 23.8 Å². The van der Waals surface area contributed by atoms with Crippen molar-refractivity contribution in [3.8, 4) is 0 Å². The summed E-state index contributed by atoms with van der Waals surface area (Å²) in [4.78, 5) is 19.8. The molecule has 1 aromatic heterocycles. The van der Waals surface area contributed by atoms with Gasteiger partial charge in [-0.1, -0.05) is 11.3 Å². The molecule has 9 nitrogen and oxygen atoms in total. The summed E-state index contributed by atoms with van der Waals surface area (Å²) in [6, 6.07) is 10.1. The molecule has 200 valence electrons. The highest BCUT2D eigenvalue weighted by molar-refractivity contribution is 7.89. The number of carbonyl (C=O) groups is 1. The van der Waals surface area contributed by atoms with E-state index in [0.717, 1.165) is 12.8 Å². The van der Waals surface area contributed by atoms with Crippen LogP contribution in [0, 0.1) is 5.82 Å². The van der Waals surface area contributed by atoms with Gasteiger partial charge < -0.3 is 14.2 Å². The van der Waals surface area contributed by atoms with E-state index in [-0.39, 0.29) is 49.0 Å². The maximum Gasteiger partial charge on any atom is 0.260 e. The van der Waals surface area contributed by atoms with Crippen LogP contribution in [0.1, 0.15) is 23.2 Å². The minimum absolute atomic E-state index is 0.0670. The minimum atomic E-state index is -3.82. The fraction of sp³-hybridized carbons (Fsp3) is 0.440. The Labute approximate surface area is 219 Å². The number of halogens is 1.